The number of aliphatic hydroxyl groups excluding tert-OH is 1. The third kappa shape index (κ3) is 3.60. The number of para-hydroxylation sites is 1. The Hall–Kier alpha value is -2.66. The number of aliphatic hydroxyl groups is 1. The molecule has 1 fully saturated rings. The maximum atomic E-state index is 7.00. The Morgan fingerprint density at radius 3 is 2.52 bits per heavy atom. The molecule has 0 unspecified atom stereocenters. The van der Waals surface area contributed by atoms with E-state index in [1.54, 1.807) is 6.33 Å². The van der Waals surface area contributed by atoms with Gasteiger partial charge in [-0.3, -0.25) is 0 Å². The predicted molar refractivity (Wildman–Crippen MR) is 112 cm³/mol. The van der Waals surface area contributed by atoms with Gasteiger partial charge in [-0.05, 0) is 31.0 Å². The average Bonchev–Trinajstić information content (AvgIpc) is 3.48. The van der Waals surface area contributed by atoms with Gasteiger partial charge in [-0.2, -0.15) is 0 Å². The second-order valence-corrected chi connectivity index (χ2v) is 6.39. The fourth-order valence-corrected chi connectivity index (χ4v) is 3.86. The molecule has 0 saturated heterocycles. The summed E-state index contributed by atoms with van der Waals surface area (Å²) in [6.45, 7) is 4.00. The minimum Gasteiger partial charge on any atom is -0.400 e. The van der Waals surface area contributed by atoms with Crippen LogP contribution in [0.3, 0.4) is 0 Å². The monoisotopic (exact) mass is 364 g/mol. The molecular formula is C22H28N4O. The zero-order chi connectivity index (χ0) is 19.2. The van der Waals surface area contributed by atoms with Crippen LogP contribution in [0.15, 0.2) is 48.9 Å². The Bertz CT molecular complexity index is 963. The molecule has 0 bridgehead atoms. The van der Waals surface area contributed by atoms with Gasteiger partial charge < -0.3 is 14.7 Å². The summed E-state index contributed by atoms with van der Waals surface area (Å²) in [6.07, 6.45) is 9.04. The lowest BCUT2D eigenvalue weighted by molar-refractivity contribution is 0.399. The van der Waals surface area contributed by atoms with Crippen LogP contribution in [-0.4, -0.2) is 31.7 Å². The van der Waals surface area contributed by atoms with Crippen molar-refractivity contribution < 1.29 is 5.11 Å². The van der Waals surface area contributed by atoms with Crippen molar-refractivity contribution in [3.05, 3.63) is 48.9 Å². The van der Waals surface area contributed by atoms with Crippen LogP contribution in [0.1, 0.15) is 45.6 Å². The minimum absolute atomic E-state index is 0.595. The lowest BCUT2D eigenvalue weighted by Gasteiger charge is -2.12. The lowest BCUT2D eigenvalue weighted by atomic mass is 10.2. The summed E-state index contributed by atoms with van der Waals surface area (Å²) in [6, 6.07) is 13.3. The molecule has 5 heteroatoms. The fraction of sp³-hybridized carbons (Fsp3) is 0.364. The molecule has 1 aliphatic carbocycles. The van der Waals surface area contributed by atoms with Crippen LogP contribution >= 0.6 is 0 Å². The highest BCUT2D eigenvalue weighted by Gasteiger charge is 2.20. The first-order valence-electron chi connectivity index (χ1n) is 9.74. The molecule has 4 aromatic rings. The molecule has 1 aromatic carbocycles. The molecule has 0 spiro atoms. The van der Waals surface area contributed by atoms with Crippen molar-refractivity contribution in [1.29, 1.82) is 0 Å². The van der Waals surface area contributed by atoms with Crippen molar-refractivity contribution in [2.24, 2.45) is 0 Å². The van der Waals surface area contributed by atoms with E-state index >= 15 is 0 Å². The van der Waals surface area contributed by atoms with Crippen molar-refractivity contribution >= 4 is 21.9 Å². The Kier molecular flexibility index (Phi) is 6.24. The fourth-order valence-electron chi connectivity index (χ4n) is 3.86. The van der Waals surface area contributed by atoms with E-state index in [4.69, 9.17) is 5.11 Å². The molecule has 5 rings (SSSR count). The third-order valence-corrected chi connectivity index (χ3v) is 5.01. The quantitative estimate of drug-likeness (QED) is 0.505. The van der Waals surface area contributed by atoms with E-state index in [2.05, 4.69) is 62.1 Å². The van der Waals surface area contributed by atoms with Crippen LogP contribution in [0.2, 0.25) is 0 Å². The van der Waals surface area contributed by atoms with E-state index in [-0.39, 0.29) is 0 Å². The van der Waals surface area contributed by atoms with Crippen molar-refractivity contribution in [3.63, 3.8) is 0 Å². The second kappa shape index (κ2) is 8.82. The maximum Gasteiger partial charge on any atom is 0.144 e. The van der Waals surface area contributed by atoms with Crippen molar-refractivity contribution in [2.75, 3.05) is 7.11 Å². The van der Waals surface area contributed by atoms with Gasteiger partial charge in [0, 0.05) is 35.6 Å². The Labute approximate surface area is 160 Å². The molecule has 27 heavy (non-hydrogen) atoms. The molecule has 0 atom stereocenters. The van der Waals surface area contributed by atoms with Gasteiger partial charge in [-0.1, -0.05) is 44.9 Å². The number of aromatic nitrogens is 4. The Morgan fingerprint density at radius 1 is 1.04 bits per heavy atom. The normalized spacial score (nSPS) is 13.9. The van der Waals surface area contributed by atoms with E-state index < -0.39 is 0 Å². The van der Waals surface area contributed by atoms with Gasteiger partial charge in [0.15, 0.2) is 0 Å². The first-order valence-corrected chi connectivity index (χ1v) is 9.74. The van der Waals surface area contributed by atoms with Gasteiger partial charge in [0.1, 0.15) is 12.0 Å². The van der Waals surface area contributed by atoms with Gasteiger partial charge in [-0.25, -0.2) is 9.97 Å². The van der Waals surface area contributed by atoms with E-state index in [1.165, 1.54) is 31.1 Å². The zero-order valence-electron chi connectivity index (χ0n) is 16.3. The SMILES string of the molecule is CC.CO.c1ccc2[nH]c(-c3ncnc4c3ccn4C3CCCC3)cc2c1. The number of fused-ring (bicyclic) bond motifs is 2. The molecular weight excluding hydrogens is 336 g/mol. The summed E-state index contributed by atoms with van der Waals surface area (Å²) < 4.78 is 2.34. The zero-order valence-corrected chi connectivity index (χ0v) is 16.3. The number of nitrogens with one attached hydrogen (secondary N) is 1. The number of rotatable bonds is 2. The lowest BCUT2D eigenvalue weighted by Crippen LogP contribution is -2.04. The number of H-pyrrole nitrogens is 1. The minimum atomic E-state index is 0.595. The van der Waals surface area contributed by atoms with Crippen LogP contribution in [0, 0.1) is 0 Å². The topological polar surface area (TPSA) is 66.7 Å². The standard InChI is InChI=1S/C19H18N4.C2H6.CH4O/c1-4-8-16-13(5-1)11-17(22-16)18-15-9-10-23(14-6-2-3-7-14)19(15)21-12-20-18;2*1-2/h1,4-5,8-12,14,22H,2-3,6-7H2;1-2H3;2H,1H3. The van der Waals surface area contributed by atoms with Gasteiger partial charge in [0.25, 0.3) is 0 Å². The highest BCUT2D eigenvalue weighted by Crippen LogP contribution is 2.34. The Morgan fingerprint density at radius 2 is 1.78 bits per heavy atom. The number of hydrogen-bond acceptors (Lipinski definition) is 3. The van der Waals surface area contributed by atoms with Gasteiger partial charge in [0.2, 0.25) is 0 Å². The summed E-state index contributed by atoms with van der Waals surface area (Å²) in [5.41, 5.74) is 4.25. The van der Waals surface area contributed by atoms with E-state index in [1.807, 2.05) is 13.8 Å². The van der Waals surface area contributed by atoms with Crippen LogP contribution < -0.4 is 0 Å². The van der Waals surface area contributed by atoms with Crippen molar-refractivity contribution in [3.8, 4) is 11.4 Å². The highest BCUT2D eigenvalue weighted by molar-refractivity contribution is 5.94. The molecule has 3 aromatic heterocycles. The largest absolute Gasteiger partial charge is 0.400 e. The van der Waals surface area contributed by atoms with Crippen LogP contribution in [0.5, 0.6) is 0 Å². The van der Waals surface area contributed by atoms with Crippen LogP contribution in [-0.2, 0) is 0 Å². The maximum absolute atomic E-state index is 7.00. The summed E-state index contributed by atoms with van der Waals surface area (Å²) in [5, 5.41) is 9.34. The molecule has 142 valence electrons. The second-order valence-electron chi connectivity index (χ2n) is 6.39. The summed E-state index contributed by atoms with van der Waals surface area (Å²) in [4.78, 5) is 12.6. The summed E-state index contributed by atoms with van der Waals surface area (Å²) in [5.74, 6) is 0. The summed E-state index contributed by atoms with van der Waals surface area (Å²) in [7, 11) is 1.00. The van der Waals surface area contributed by atoms with Gasteiger partial charge in [0.05, 0.1) is 11.4 Å². The number of hydrogen-bond donors (Lipinski definition) is 2. The smallest absolute Gasteiger partial charge is 0.144 e. The van der Waals surface area contributed by atoms with Crippen molar-refractivity contribution in [2.45, 2.75) is 45.6 Å². The summed E-state index contributed by atoms with van der Waals surface area (Å²) >= 11 is 0. The average molecular weight is 364 g/mol. The number of nitrogens with zero attached hydrogens (tertiary/aromatic N) is 3. The third-order valence-electron chi connectivity index (χ3n) is 5.01. The van der Waals surface area contributed by atoms with E-state index in [0.29, 0.717) is 6.04 Å². The molecule has 5 nitrogen and oxygen atoms in total. The van der Waals surface area contributed by atoms with Gasteiger partial charge >= 0.3 is 0 Å². The highest BCUT2D eigenvalue weighted by atomic mass is 16.2. The molecule has 3 heterocycles. The van der Waals surface area contributed by atoms with E-state index in [9.17, 15) is 0 Å². The molecule has 0 aliphatic heterocycles. The molecule has 1 aliphatic rings. The van der Waals surface area contributed by atoms with Crippen LogP contribution in [0.4, 0.5) is 0 Å². The van der Waals surface area contributed by atoms with Gasteiger partial charge in [-0.15, -0.1) is 0 Å². The van der Waals surface area contributed by atoms with Crippen LogP contribution in [0.25, 0.3) is 33.3 Å². The molecule has 0 radical (unpaired) electrons. The number of benzene rings is 1. The first-order chi connectivity index (χ1) is 13.4. The predicted octanol–water partition coefficient (Wildman–Crippen LogP) is 5.33. The Balaban J connectivity index is 0.000000495. The molecule has 2 N–H and O–H groups in total. The van der Waals surface area contributed by atoms with E-state index in [0.717, 1.165) is 35.0 Å². The molecule has 1 saturated carbocycles. The number of aromatic amines is 1. The first kappa shape index (κ1) is 19.1. The van der Waals surface area contributed by atoms with Crippen molar-refractivity contribution in [1.82, 2.24) is 19.5 Å². The molecule has 0 amide bonds.